The van der Waals surface area contributed by atoms with Crippen LogP contribution in [0.5, 0.6) is 0 Å². The molecule has 0 spiro atoms. The summed E-state index contributed by atoms with van der Waals surface area (Å²) in [6.45, 7) is 2.13. The first kappa shape index (κ1) is 19.4. The second-order valence-electron chi connectivity index (χ2n) is 4.40. The molecule has 0 bridgehead atoms. The van der Waals surface area contributed by atoms with Crippen molar-refractivity contribution in [1.29, 1.82) is 0 Å². The molecule has 114 valence electrons. The molecule has 0 aliphatic carbocycles. The normalized spacial score (nSPS) is 12.1. The highest BCUT2D eigenvalue weighted by atomic mass is 32.2. The summed E-state index contributed by atoms with van der Waals surface area (Å²) in [7, 11) is 0. The Balaban J connectivity index is 3.23. The molecular formula is C16H26O2S2. The van der Waals surface area contributed by atoms with Gasteiger partial charge in [0.15, 0.2) is 0 Å². The smallest absolute Gasteiger partial charge is 0.303 e. The van der Waals surface area contributed by atoms with Gasteiger partial charge in [-0.25, -0.2) is 0 Å². The number of unbranched alkanes of at least 4 members (excludes halogenated alkanes) is 5. The number of rotatable bonds is 13. The van der Waals surface area contributed by atoms with Crippen LogP contribution in [0.4, 0.5) is 0 Å². The Morgan fingerprint density at radius 3 is 2.15 bits per heavy atom. The molecule has 0 aliphatic heterocycles. The molecule has 0 rings (SSSR count). The highest BCUT2D eigenvalue weighted by molar-refractivity contribution is 8.08. The highest BCUT2D eigenvalue weighted by Gasteiger charge is 1.95. The Morgan fingerprint density at radius 1 is 0.900 bits per heavy atom. The first-order valence-corrected chi connectivity index (χ1v) is 9.13. The van der Waals surface area contributed by atoms with E-state index in [-0.39, 0.29) is 0 Å². The average Bonchev–Trinajstić information content (AvgIpc) is 2.43. The van der Waals surface area contributed by atoms with E-state index in [0.29, 0.717) is 6.42 Å². The van der Waals surface area contributed by atoms with Crippen LogP contribution >= 0.6 is 23.5 Å². The topological polar surface area (TPSA) is 37.3 Å². The number of hydrogen-bond donors (Lipinski definition) is 1. The largest absolute Gasteiger partial charge is 0.481 e. The predicted octanol–water partition coefficient (Wildman–Crippen LogP) is 6.18. The number of carbonyl (C=O) groups is 1. The molecule has 0 saturated heterocycles. The number of carboxylic acids is 1. The van der Waals surface area contributed by atoms with E-state index in [1.54, 1.807) is 23.5 Å². The zero-order valence-electron chi connectivity index (χ0n) is 12.3. The fourth-order valence-electron chi connectivity index (χ4n) is 1.50. The van der Waals surface area contributed by atoms with Gasteiger partial charge in [-0.15, -0.1) is 23.5 Å². The summed E-state index contributed by atoms with van der Waals surface area (Å²) < 4.78 is 0. The maximum absolute atomic E-state index is 10.3. The number of thioether (sulfide) groups is 2. The zero-order valence-corrected chi connectivity index (χ0v) is 13.9. The molecule has 0 aliphatic rings. The van der Waals surface area contributed by atoms with Crippen molar-refractivity contribution in [2.45, 2.75) is 58.3 Å². The molecule has 0 aromatic heterocycles. The van der Waals surface area contributed by atoms with Crippen molar-refractivity contribution in [1.82, 2.24) is 0 Å². The Bertz CT molecular complexity index is 310. The van der Waals surface area contributed by atoms with Gasteiger partial charge in [-0.3, -0.25) is 4.79 Å². The van der Waals surface area contributed by atoms with Crippen LogP contribution in [-0.4, -0.2) is 11.1 Å². The molecule has 20 heavy (non-hydrogen) atoms. The number of aliphatic carboxylic acids is 1. The van der Waals surface area contributed by atoms with Crippen molar-refractivity contribution in [3.05, 3.63) is 33.8 Å². The highest BCUT2D eigenvalue weighted by Crippen LogP contribution is 2.13. The van der Waals surface area contributed by atoms with Gasteiger partial charge in [-0.1, -0.05) is 38.3 Å². The second-order valence-corrected chi connectivity index (χ2v) is 6.03. The lowest BCUT2D eigenvalue weighted by Crippen LogP contribution is -1.93. The van der Waals surface area contributed by atoms with Gasteiger partial charge in [0.05, 0.1) is 0 Å². The third-order valence-electron chi connectivity index (χ3n) is 2.56. The summed E-state index contributed by atoms with van der Waals surface area (Å²) in [5, 5.41) is 16.9. The molecule has 2 nitrogen and oxygen atoms in total. The Morgan fingerprint density at radius 2 is 1.50 bits per heavy atom. The van der Waals surface area contributed by atoms with Gasteiger partial charge in [-0.2, -0.15) is 0 Å². The third kappa shape index (κ3) is 17.4. The molecule has 0 fully saturated rings. The zero-order chi connectivity index (χ0) is 14.9. The summed E-state index contributed by atoms with van der Waals surface area (Å²) >= 11 is 3.41. The minimum absolute atomic E-state index is 0.314. The molecule has 0 amide bonds. The number of hydrogen-bond acceptors (Lipinski definition) is 3. The maximum atomic E-state index is 10.3. The van der Waals surface area contributed by atoms with E-state index in [2.05, 4.69) is 40.7 Å². The number of carboxylic acid groups (broad SMARTS) is 1. The van der Waals surface area contributed by atoms with Gasteiger partial charge in [0.25, 0.3) is 0 Å². The quantitative estimate of drug-likeness (QED) is 0.412. The van der Waals surface area contributed by atoms with Crippen LogP contribution in [0, 0.1) is 0 Å². The van der Waals surface area contributed by atoms with Gasteiger partial charge < -0.3 is 5.11 Å². The molecule has 0 unspecified atom stereocenters. The predicted molar refractivity (Wildman–Crippen MR) is 92.8 cm³/mol. The monoisotopic (exact) mass is 314 g/mol. The van der Waals surface area contributed by atoms with Crippen LogP contribution in [0.3, 0.4) is 0 Å². The molecule has 4 heteroatoms. The van der Waals surface area contributed by atoms with E-state index in [9.17, 15) is 4.79 Å². The fraction of sp³-hybridized carbons (Fsp3) is 0.562. The summed E-state index contributed by atoms with van der Waals surface area (Å²) in [6, 6.07) is 0. The summed E-state index contributed by atoms with van der Waals surface area (Å²) in [5.74, 6) is -0.679. The molecule has 0 aromatic rings. The minimum atomic E-state index is -0.679. The van der Waals surface area contributed by atoms with Crippen LogP contribution in [-0.2, 0) is 4.79 Å². The first-order chi connectivity index (χ1) is 9.77. The van der Waals surface area contributed by atoms with E-state index in [4.69, 9.17) is 5.11 Å². The third-order valence-corrected chi connectivity index (χ3v) is 4.02. The van der Waals surface area contributed by atoms with E-state index < -0.39 is 5.97 Å². The van der Waals surface area contributed by atoms with Gasteiger partial charge in [-0.05, 0) is 47.3 Å². The standard InChI is InChI=1S/C16H26O2S2/c1-2-3-12-19-14-15-20-13-10-8-6-4-5-7-9-11-16(17)18/h3,10,12-15H,2,4-9,11H2,1H3,(H,17,18)/b12-3+,13-10+,15-14+. The fourth-order valence-corrected chi connectivity index (χ4v) is 2.74. The van der Waals surface area contributed by atoms with Crippen molar-refractivity contribution in [2.24, 2.45) is 0 Å². The van der Waals surface area contributed by atoms with Crippen LogP contribution in [0.1, 0.15) is 58.3 Å². The molecule has 0 heterocycles. The van der Waals surface area contributed by atoms with Crippen LogP contribution in [0.25, 0.3) is 0 Å². The van der Waals surface area contributed by atoms with Crippen LogP contribution in [0.2, 0.25) is 0 Å². The van der Waals surface area contributed by atoms with E-state index in [1.165, 1.54) is 12.8 Å². The van der Waals surface area contributed by atoms with Crippen molar-refractivity contribution >= 4 is 29.5 Å². The lowest BCUT2D eigenvalue weighted by atomic mass is 10.1. The molecule has 0 saturated carbocycles. The Hall–Kier alpha value is -0.610. The van der Waals surface area contributed by atoms with E-state index in [1.807, 2.05) is 0 Å². The molecule has 0 atom stereocenters. The van der Waals surface area contributed by atoms with Gasteiger partial charge in [0.1, 0.15) is 0 Å². The molecule has 1 N–H and O–H groups in total. The first-order valence-electron chi connectivity index (χ1n) is 7.25. The van der Waals surface area contributed by atoms with Crippen molar-refractivity contribution < 1.29 is 9.90 Å². The Labute approximate surface area is 131 Å². The minimum Gasteiger partial charge on any atom is -0.481 e. The summed E-state index contributed by atoms with van der Waals surface area (Å²) in [4.78, 5) is 10.3. The van der Waals surface area contributed by atoms with E-state index >= 15 is 0 Å². The van der Waals surface area contributed by atoms with E-state index in [0.717, 1.165) is 32.1 Å². The molecular weight excluding hydrogens is 288 g/mol. The van der Waals surface area contributed by atoms with Crippen molar-refractivity contribution in [3.63, 3.8) is 0 Å². The van der Waals surface area contributed by atoms with Gasteiger partial charge in [0, 0.05) is 6.42 Å². The lowest BCUT2D eigenvalue weighted by molar-refractivity contribution is -0.137. The molecule has 0 radical (unpaired) electrons. The van der Waals surface area contributed by atoms with Crippen molar-refractivity contribution in [2.75, 3.05) is 0 Å². The Kier molecular flexibility index (Phi) is 15.9. The van der Waals surface area contributed by atoms with Gasteiger partial charge in [0.2, 0.25) is 0 Å². The second kappa shape index (κ2) is 16.4. The van der Waals surface area contributed by atoms with Crippen LogP contribution in [0.15, 0.2) is 33.8 Å². The lowest BCUT2D eigenvalue weighted by Gasteiger charge is -1.97. The summed E-state index contributed by atoms with van der Waals surface area (Å²) in [5.41, 5.74) is 0. The molecule has 0 aromatic carbocycles. The summed E-state index contributed by atoms with van der Waals surface area (Å²) in [6.07, 6.45) is 12.3. The van der Waals surface area contributed by atoms with Crippen molar-refractivity contribution in [3.8, 4) is 0 Å². The van der Waals surface area contributed by atoms with Gasteiger partial charge >= 0.3 is 5.97 Å². The average molecular weight is 315 g/mol. The number of allylic oxidation sites excluding steroid dienone is 2. The maximum Gasteiger partial charge on any atom is 0.303 e. The van der Waals surface area contributed by atoms with Crippen LogP contribution < -0.4 is 0 Å². The SMILES string of the molecule is CC/C=C/S/C=C/S/C=C/CCCCCCCC(=O)O.